The van der Waals surface area contributed by atoms with Crippen molar-refractivity contribution in [2.45, 2.75) is 32.5 Å². The molecule has 0 saturated heterocycles. The van der Waals surface area contributed by atoms with Crippen LogP contribution >= 0.6 is 0 Å². The molecule has 0 saturated carbocycles. The van der Waals surface area contributed by atoms with Crippen molar-refractivity contribution in [1.29, 1.82) is 5.26 Å². The fourth-order valence-corrected chi connectivity index (χ4v) is 3.05. The first-order valence-corrected chi connectivity index (χ1v) is 8.69. The summed E-state index contributed by atoms with van der Waals surface area (Å²) in [6.07, 6.45) is 0.663. The van der Waals surface area contributed by atoms with E-state index in [1.165, 1.54) is 0 Å². The second-order valence-electron chi connectivity index (χ2n) is 6.89. The molecule has 0 aliphatic carbocycles. The second-order valence-corrected chi connectivity index (χ2v) is 6.89. The predicted octanol–water partition coefficient (Wildman–Crippen LogP) is 3.61. The zero-order valence-corrected chi connectivity index (χ0v) is 15.4. The summed E-state index contributed by atoms with van der Waals surface area (Å²) in [7, 11) is 1.66. The number of rotatable bonds is 6. The molecule has 6 heteroatoms. The van der Waals surface area contributed by atoms with E-state index in [1.54, 1.807) is 7.11 Å². The molecule has 0 spiro atoms. The van der Waals surface area contributed by atoms with Gasteiger partial charge in [-0.2, -0.15) is 5.26 Å². The third-order valence-electron chi connectivity index (χ3n) is 4.37. The molecule has 2 aromatic rings. The molecule has 3 rings (SSSR count). The van der Waals surface area contributed by atoms with E-state index >= 15 is 0 Å². The van der Waals surface area contributed by atoms with Crippen molar-refractivity contribution in [1.82, 2.24) is 4.98 Å². The number of fused-ring (bicyclic) bond motifs is 1. The highest BCUT2D eigenvalue weighted by Crippen LogP contribution is 2.36. The zero-order chi connectivity index (χ0) is 18.6. The Labute approximate surface area is 154 Å². The van der Waals surface area contributed by atoms with Crippen molar-refractivity contribution in [3.8, 4) is 6.07 Å². The summed E-state index contributed by atoms with van der Waals surface area (Å²) in [6.45, 7) is 5.73. The molecule has 1 aromatic carbocycles. The van der Waals surface area contributed by atoms with Crippen LogP contribution in [-0.2, 0) is 22.5 Å². The van der Waals surface area contributed by atoms with Crippen molar-refractivity contribution in [2.24, 2.45) is 0 Å². The van der Waals surface area contributed by atoms with Gasteiger partial charge in [-0.05, 0) is 31.5 Å². The van der Waals surface area contributed by atoms with Crippen LogP contribution in [0.2, 0.25) is 0 Å². The van der Waals surface area contributed by atoms with Crippen LogP contribution in [0.4, 0.5) is 17.3 Å². The van der Waals surface area contributed by atoms with Crippen molar-refractivity contribution >= 4 is 17.3 Å². The second kappa shape index (κ2) is 7.73. The summed E-state index contributed by atoms with van der Waals surface area (Å²) < 4.78 is 11.1. The number of methoxy groups -OCH3 is 1. The Morgan fingerprint density at radius 3 is 2.69 bits per heavy atom. The van der Waals surface area contributed by atoms with Gasteiger partial charge >= 0.3 is 0 Å². The van der Waals surface area contributed by atoms with E-state index in [-0.39, 0.29) is 5.60 Å². The predicted molar refractivity (Wildman–Crippen MR) is 102 cm³/mol. The monoisotopic (exact) mass is 352 g/mol. The van der Waals surface area contributed by atoms with Gasteiger partial charge in [0.1, 0.15) is 11.9 Å². The first-order chi connectivity index (χ1) is 12.5. The number of aromatic nitrogens is 1. The van der Waals surface area contributed by atoms with Gasteiger partial charge in [0.2, 0.25) is 0 Å². The normalized spacial score (nSPS) is 15.0. The number of anilines is 3. The minimum atomic E-state index is -0.312. The first-order valence-electron chi connectivity index (χ1n) is 8.69. The van der Waals surface area contributed by atoms with E-state index in [0.29, 0.717) is 37.6 Å². The quantitative estimate of drug-likeness (QED) is 0.773. The van der Waals surface area contributed by atoms with Gasteiger partial charge in [-0.1, -0.05) is 18.2 Å². The van der Waals surface area contributed by atoms with Gasteiger partial charge < -0.3 is 20.1 Å². The molecule has 2 heterocycles. The van der Waals surface area contributed by atoms with E-state index in [4.69, 9.17) is 14.5 Å². The third kappa shape index (κ3) is 3.96. The summed E-state index contributed by atoms with van der Waals surface area (Å²) >= 11 is 0. The maximum absolute atomic E-state index is 9.82. The van der Waals surface area contributed by atoms with Crippen LogP contribution in [0.15, 0.2) is 30.3 Å². The molecule has 0 atom stereocenters. The average Bonchev–Trinajstić information content (AvgIpc) is 2.62. The molecule has 1 aliphatic rings. The van der Waals surface area contributed by atoms with E-state index in [9.17, 15) is 5.26 Å². The average molecular weight is 352 g/mol. The molecular formula is C20H24N4O2. The highest BCUT2D eigenvalue weighted by atomic mass is 16.5. The van der Waals surface area contributed by atoms with Crippen LogP contribution in [0.1, 0.15) is 30.5 Å². The molecule has 0 radical (unpaired) electrons. The number of ether oxygens (including phenoxy) is 2. The molecule has 26 heavy (non-hydrogen) atoms. The topological polar surface area (TPSA) is 79.2 Å². The van der Waals surface area contributed by atoms with Crippen LogP contribution in [0.25, 0.3) is 0 Å². The summed E-state index contributed by atoms with van der Waals surface area (Å²) in [5.74, 6) is 1.31. The molecule has 6 nitrogen and oxygen atoms in total. The lowest BCUT2D eigenvalue weighted by atomic mass is 9.89. The van der Waals surface area contributed by atoms with Crippen LogP contribution in [0.3, 0.4) is 0 Å². The van der Waals surface area contributed by atoms with E-state index in [1.807, 2.05) is 44.2 Å². The highest BCUT2D eigenvalue weighted by Gasteiger charge is 2.31. The lowest BCUT2D eigenvalue weighted by Gasteiger charge is -2.33. The molecule has 0 bridgehead atoms. The van der Waals surface area contributed by atoms with Crippen LogP contribution in [-0.4, -0.2) is 30.8 Å². The van der Waals surface area contributed by atoms with Crippen LogP contribution in [0.5, 0.6) is 0 Å². The Morgan fingerprint density at radius 1 is 1.23 bits per heavy atom. The first kappa shape index (κ1) is 18.2. The lowest BCUT2D eigenvalue weighted by molar-refractivity contribution is -0.0399. The molecule has 0 amide bonds. The number of hydrogen-bond donors (Lipinski definition) is 2. The molecule has 0 unspecified atom stereocenters. The van der Waals surface area contributed by atoms with Gasteiger partial charge in [0.25, 0.3) is 0 Å². The fraction of sp³-hybridized carbons (Fsp3) is 0.400. The molecule has 0 fully saturated rings. The number of nitrogens with zero attached hydrogens (tertiary/aromatic N) is 2. The summed E-state index contributed by atoms with van der Waals surface area (Å²) in [4.78, 5) is 4.69. The SMILES string of the molecule is COCCNc1nc(Nc2ccccc2)c(C#N)c2c1COC(C)(C)C2. The van der Waals surface area contributed by atoms with Gasteiger partial charge in [-0.3, -0.25) is 0 Å². The highest BCUT2D eigenvalue weighted by molar-refractivity contribution is 5.70. The van der Waals surface area contributed by atoms with Crippen LogP contribution < -0.4 is 10.6 Å². The van der Waals surface area contributed by atoms with Crippen LogP contribution in [0, 0.1) is 11.3 Å². The summed E-state index contributed by atoms with van der Waals surface area (Å²) in [5, 5.41) is 16.4. The van der Waals surface area contributed by atoms with Gasteiger partial charge in [0.15, 0.2) is 5.82 Å². The third-order valence-corrected chi connectivity index (χ3v) is 4.37. The van der Waals surface area contributed by atoms with E-state index in [0.717, 1.165) is 22.6 Å². The molecule has 2 N–H and O–H groups in total. The minimum absolute atomic E-state index is 0.312. The van der Waals surface area contributed by atoms with E-state index in [2.05, 4.69) is 16.7 Å². The van der Waals surface area contributed by atoms with Gasteiger partial charge in [0, 0.05) is 31.3 Å². The number of pyridine rings is 1. The van der Waals surface area contributed by atoms with Gasteiger partial charge in [-0.25, -0.2) is 4.98 Å². The number of hydrogen-bond acceptors (Lipinski definition) is 6. The summed E-state index contributed by atoms with van der Waals surface area (Å²) in [6, 6.07) is 12.1. The molecular weight excluding hydrogens is 328 g/mol. The van der Waals surface area contributed by atoms with Crippen molar-refractivity contribution in [3.05, 3.63) is 47.0 Å². The molecule has 1 aliphatic heterocycles. The fourth-order valence-electron chi connectivity index (χ4n) is 3.05. The summed E-state index contributed by atoms with van der Waals surface area (Å²) in [5.41, 5.74) is 3.11. The van der Waals surface area contributed by atoms with Crippen molar-refractivity contribution < 1.29 is 9.47 Å². The standard InChI is InChI=1S/C20H24N4O2/c1-20(2)11-15-16(12-21)19(23-14-7-5-4-6-8-14)24-18(17(15)13-26-20)22-9-10-25-3/h4-8H,9-11,13H2,1-3H3,(H2,22,23,24). The van der Waals surface area contributed by atoms with Gasteiger partial charge in [-0.15, -0.1) is 0 Å². The smallest absolute Gasteiger partial charge is 0.151 e. The van der Waals surface area contributed by atoms with Crippen molar-refractivity contribution in [2.75, 3.05) is 30.9 Å². The Balaban J connectivity index is 2.05. The zero-order valence-electron chi connectivity index (χ0n) is 15.4. The maximum atomic E-state index is 9.82. The van der Waals surface area contributed by atoms with Crippen molar-refractivity contribution in [3.63, 3.8) is 0 Å². The minimum Gasteiger partial charge on any atom is -0.383 e. The molecule has 136 valence electrons. The Bertz CT molecular complexity index is 813. The molecule has 1 aromatic heterocycles. The van der Waals surface area contributed by atoms with E-state index < -0.39 is 0 Å². The Kier molecular flexibility index (Phi) is 5.40. The number of nitrogens with one attached hydrogen (secondary N) is 2. The van der Waals surface area contributed by atoms with Gasteiger partial charge in [0.05, 0.1) is 24.4 Å². The lowest BCUT2D eigenvalue weighted by Crippen LogP contribution is -2.33. The Morgan fingerprint density at radius 2 is 2.00 bits per heavy atom. The largest absolute Gasteiger partial charge is 0.383 e. The number of para-hydroxylation sites is 1. The maximum Gasteiger partial charge on any atom is 0.151 e. The number of nitriles is 1. The Hall–Kier alpha value is -2.62. The number of benzene rings is 1.